The molecule has 23 heavy (non-hydrogen) atoms. The summed E-state index contributed by atoms with van der Waals surface area (Å²) >= 11 is 3.87. The van der Waals surface area contributed by atoms with Gasteiger partial charge in [0.2, 0.25) is 0 Å². The highest BCUT2D eigenvalue weighted by molar-refractivity contribution is 8.19. The third kappa shape index (κ3) is 4.67. The van der Waals surface area contributed by atoms with Gasteiger partial charge in [-0.05, 0) is 30.5 Å². The van der Waals surface area contributed by atoms with Crippen LogP contribution in [0.3, 0.4) is 0 Å². The number of ether oxygens (including phenoxy) is 1. The summed E-state index contributed by atoms with van der Waals surface area (Å²) in [6.45, 7) is -0.203. The Morgan fingerprint density at radius 3 is 2.39 bits per heavy atom. The standard InChI is InChI=1S/C17H21NO3S2/c19-15(18-14-3-1-2-4-14)11-21-16(20)12-5-7-13(8-6-12)17-22-9-10-23-17/h5-8,14,17H,1-4,9-11H2,(H,18,19). The molecule has 1 amide bonds. The van der Waals surface area contributed by atoms with E-state index in [0.29, 0.717) is 10.1 Å². The molecule has 0 radical (unpaired) electrons. The van der Waals surface area contributed by atoms with Gasteiger partial charge in [-0.3, -0.25) is 4.79 Å². The lowest BCUT2D eigenvalue weighted by Gasteiger charge is -2.12. The fraction of sp³-hybridized carbons (Fsp3) is 0.529. The van der Waals surface area contributed by atoms with Crippen molar-refractivity contribution in [2.75, 3.05) is 18.1 Å². The number of amides is 1. The van der Waals surface area contributed by atoms with E-state index in [4.69, 9.17) is 4.74 Å². The number of rotatable bonds is 5. The third-order valence-electron chi connectivity index (χ3n) is 4.09. The quantitative estimate of drug-likeness (QED) is 0.824. The van der Waals surface area contributed by atoms with Crippen LogP contribution in [0.1, 0.15) is 46.2 Å². The smallest absolute Gasteiger partial charge is 0.338 e. The van der Waals surface area contributed by atoms with Gasteiger partial charge in [0, 0.05) is 17.5 Å². The van der Waals surface area contributed by atoms with Crippen molar-refractivity contribution in [2.24, 2.45) is 0 Å². The minimum absolute atomic E-state index is 0.203. The number of carbonyl (C=O) groups is 2. The molecule has 1 aromatic rings. The van der Waals surface area contributed by atoms with Crippen molar-refractivity contribution in [3.05, 3.63) is 35.4 Å². The molecule has 2 aliphatic rings. The number of nitrogens with one attached hydrogen (secondary N) is 1. The predicted molar refractivity (Wildman–Crippen MR) is 94.8 cm³/mol. The van der Waals surface area contributed by atoms with Crippen molar-refractivity contribution in [1.29, 1.82) is 0 Å². The topological polar surface area (TPSA) is 55.4 Å². The van der Waals surface area contributed by atoms with Crippen molar-refractivity contribution in [1.82, 2.24) is 5.32 Å². The van der Waals surface area contributed by atoms with E-state index in [1.165, 1.54) is 17.1 Å². The van der Waals surface area contributed by atoms with Crippen molar-refractivity contribution in [3.8, 4) is 0 Å². The minimum atomic E-state index is -0.440. The fourth-order valence-electron chi connectivity index (χ4n) is 2.88. The number of hydrogen-bond donors (Lipinski definition) is 1. The van der Waals surface area contributed by atoms with Gasteiger partial charge < -0.3 is 10.1 Å². The Labute approximate surface area is 145 Å². The molecule has 1 aromatic carbocycles. The second-order valence-electron chi connectivity index (χ2n) is 5.82. The first kappa shape index (κ1) is 16.7. The van der Waals surface area contributed by atoms with Gasteiger partial charge in [0.15, 0.2) is 6.61 Å². The van der Waals surface area contributed by atoms with Crippen molar-refractivity contribution >= 4 is 35.4 Å². The van der Waals surface area contributed by atoms with Gasteiger partial charge in [0.1, 0.15) is 0 Å². The van der Waals surface area contributed by atoms with Crippen LogP contribution in [0.15, 0.2) is 24.3 Å². The van der Waals surface area contributed by atoms with E-state index in [1.54, 1.807) is 12.1 Å². The second kappa shape index (κ2) is 8.11. The van der Waals surface area contributed by atoms with Crippen molar-refractivity contribution in [3.63, 3.8) is 0 Å². The summed E-state index contributed by atoms with van der Waals surface area (Å²) in [6.07, 6.45) is 4.37. The van der Waals surface area contributed by atoms with Gasteiger partial charge in [0.05, 0.1) is 10.1 Å². The van der Waals surface area contributed by atoms with Crippen LogP contribution in [-0.2, 0) is 9.53 Å². The molecule has 1 heterocycles. The van der Waals surface area contributed by atoms with Gasteiger partial charge in [-0.15, -0.1) is 23.5 Å². The molecule has 0 bridgehead atoms. The Hall–Kier alpha value is -1.14. The number of thioether (sulfide) groups is 2. The lowest BCUT2D eigenvalue weighted by molar-refractivity contribution is -0.124. The molecule has 0 spiro atoms. The molecule has 1 saturated carbocycles. The maximum atomic E-state index is 12.0. The molecule has 2 fully saturated rings. The van der Waals surface area contributed by atoms with Gasteiger partial charge in [-0.2, -0.15) is 0 Å². The summed E-state index contributed by atoms with van der Waals surface area (Å²) in [7, 11) is 0. The Morgan fingerprint density at radius 2 is 1.74 bits per heavy atom. The summed E-state index contributed by atoms with van der Waals surface area (Å²) in [5.41, 5.74) is 1.73. The highest BCUT2D eigenvalue weighted by Crippen LogP contribution is 2.45. The first-order chi connectivity index (χ1) is 11.2. The van der Waals surface area contributed by atoms with Crippen LogP contribution in [0, 0.1) is 0 Å². The van der Waals surface area contributed by atoms with Gasteiger partial charge >= 0.3 is 5.97 Å². The number of esters is 1. The monoisotopic (exact) mass is 351 g/mol. The SMILES string of the molecule is O=C(COC(=O)c1ccc(C2SCCS2)cc1)NC1CCCC1. The van der Waals surface area contributed by atoms with E-state index in [9.17, 15) is 9.59 Å². The fourth-order valence-corrected chi connectivity index (χ4v) is 5.74. The van der Waals surface area contributed by atoms with E-state index in [2.05, 4.69) is 5.32 Å². The number of hydrogen-bond acceptors (Lipinski definition) is 5. The Bertz CT molecular complexity index is 549. The minimum Gasteiger partial charge on any atom is -0.452 e. The number of carbonyl (C=O) groups excluding carboxylic acids is 2. The average Bonchev–Trinajstić information content (AvgIpc) is 3.26. The van der Waals surface area contributed by atoms with Crippen molar-refractivity contribution < 1.29 is 14.3 Å². The lowest BCUT2D eigenvalue weighted by Crippen LogP contribution is -2.35. The molecular weight excluding hydrogens is 330 g/mol. The largest absolute Gasteiger partial charge is 0.452 e. The van der Waals surface area contributed by atoms with Crippen LogP contribution in [0.2, 0.25) is 0 Å². The zero-order valence-corrected chi connectivity index (χ0v) is 14.6. The summed E-state index contributed by atoms with van der Waals surface area (Å²) in [4.78, 5) is 23.8. The van der Waals surface area contributed by atoms with Gasteiger partial charge in [-0.25, -0.2) is 4.79 Å². The molecule has 1 aliphatic heterocycles. The molecule has 4 nitrogen and oxygen atoms in total. The first-order valence-electron chi connectivity index (χ1n) is 8.02. The van der Waals surface area contributed by atoms with E-state index in [-0.39, 0.29) is 18.6 Å². The average molecular weight is 351 g/mol. The first-order valence-corrected chi connectivity index (χ1v) is 10.1. The Balaban J connectivity index is 1.46. The highest BCUT2D eigenvalue weighted by atomic mass is 32.2. The van der Waals surface area contributed by atoms with Crippen molar-refractivity contribution in [2.45, 2.75) is 36.3 Å². The lowest BCUT2D eigenvalue weighted by atomic mass is 10.1. The summed E-state index contributed by atoms with van der Waals surface area (Å²) in [6, 6.07) is 7.77. The van der Waals surface area contributed by atoms with E-state index < -0.39 is 5.97 Å². The molecule has 0 aromatic heterocycles. The highest BCUT2D eigenvalue weighted by Gasteiger charge is 2.20. The molecule has 1 N–H and O–H groups in total. The van der Waals surface area contributed by atoms with E-state index in [0.717, 1.165) is 25.7 Å². The Kier molecular flexibility index (Phi) is 5.89. The molecule has 0 unspecified atom stereocenters. The van der Waals surface area contributed by atoms with Gasteiger partial charge in [-0.1, -0.05) is 25.0 Å². The maximum absolute atomic E-state index is 12.0. The predicted octanol–water partition coefficient (Wildman–Crippen LogP) is 3.38. The van der Waals surface area contributed by atoms with Crippen LogP contribution in [-0.4, -0.2) is 36.0 Å². The number of benzene rings is 1. The van der Waals surface area contributed by atoms with Crippen LogP contribution >= 0.6 is 23.5 Å². The maximum Gasteiger partial charge on any atom is 0.338 e. The summed E-state index contributed by atoms with van der Waals surface area (Å²) in [5.74, 6) is 1.70. The molecule has 1 aliphatic carbocycles. The van der Waals surface area contributed by atoms with Crippen LogP contribution in [0.4, 0.5) is 0 Å². The van der Waals surface area contributed by atoms with Gasteiger partial charge in [0.25, 0.3) is 5.91 Å². The van der Waals surface area contributed by atoms with Crippen LogP contribution in [0.25, 0.3) is 0 Å². The van der Waals surface area contributed by atoms with E-state index >= 15 is 0 Å². The molecule has 3 rings (SSSR count). The molecule has 124 valence electrons. The molecule has 0 atom stereocenters. The van der Waals surface area contributed by atoms with Crippen LogP contribution in [0.5, 0.6) is 0 Å². The summed E-state index contributed by atoms with van der Waals surface area (Å²) in [5, 5.41) is 2.91. The molecule has 6 heteroatoms. The zero-order chi connectivity index (χ0) is 16.1. The van der Waals surface area contributed by atoms with Crippen LogP contribution < -0.4 is 5.32 Å². The van der Waals surface area contributed by atoms with E-state index in [1.807, 2.05) is 35.7 Å². The zero-order valence-electron chi connectivity index (χ0n) is 13.0. The molecular formula is C17H21NO3S2. The normalized spacial score (nSPS) is 19.0. The Morgan fingerprint density at radius 1 is 1.09 bits per heavy atom. The summed E-state index contributed by atoms with van der Waals surface area (Å²) < 4.78 is 5.57. The molecule has 1 saturated heterocycles. The second-order valence-corrected chi connectivity index (χ2v) is 8.54. The third-order valence-corrected chi connectivity index (χ3v) is 7.20.